The van der Waals surface area contributed by atoms with Crippen LogP contribution in [0, 0.1) is 34.6 Å². The second kappa shape index (κ2) is 10.6. The maximum atomic E-state index is 3.31. The molecule has 0 fully saturated rings. The van der Waals surface area contributed by atoms with Gasteiger partial charge in [0.1, 0.15) is 0 Å². The van der Waals surface area contributed by atoms with E-state index in [1.54, 1.807) is 0 Å². The summed E-state index contributed by atoms with van der Waals surface area (Å²) in [5, 5.41) is 0. The van der Waals surface area contributed by atoms with Crippen molar-refractivity contribution < 1.29 is 32.5 Å². The molecule has 0 unspecified atom stereocenters. The van der Waals surface area contributed by atoms with Crippen molar-refractivity contribution in [3.8, 4) is 0 Å². The molecule has 0 nitrogen and oxygen atoms in total. The summed E-state index contributed by atoms with van der Waals surface area (Å²) in [4.78, 5) is 0. The maximum absolute atomic E-state index is 3.31. The van der Waals surface area contributed by atoms with Crippen LogP contribution in [-0.4, -0.2) is 0 Å². The van der Waals surface area contributed by atoms with Crippen molar-refractivity contribution in [3.05, 3.63) is 68.7 Å². The standard InChI is InChI=1S/C11H16.C6H5Br.ClH.Tc/c1-7-6-8(2)10(4)11(5)9(7)3;7-6-4-2-1-3-5-6;;/h6H,1-5H3;1-5H;1H;/p-1. The zero-order valence-electron chi connectivity index (χ0n) is 12.6. The average Bonchev–Trinajstić information content (AvgIpc) is 2.36. The van der Waals surface area contributed by atoms with Crippen molar-refractivity contribution in [2.45, 2.75) is 34.6 Å². The topological polar surface area (TPSA) is 0 Å². The molecule has 0 bridgehead atoms. The van der Waals surface area contributed by atoms with Crippen LogP contribution in [0.2, 0.25) is 0 Å². The van der Waals surface area contributed by atoms with Crippen molar-refractivity contribution in [2.75, 3.05) is 0 Å². The van der Waals surface area contributed by atoms with Crippen LogP contribution in [0.1, 0.15) is 27.8 Å². The predicted octanol–water partition coefficient (Wildman–Crippen LogP) is 2.68. The number of hydrogen-bond donors (Lipinski definition) is 0. The molecule has 20 heavy (non-hydrogen) atoms. The normalized spacial score (nSPS) is 8.70. The maximum Gasteiger partial charge on any atom is 0.0175 e. The minimum absolute atomic E-state index is 0. The molecule has 0 aliphatic heterocycles. The molecule has 0 aromatic heterocycles. The van der Waals surface area contributed by atoms with Crippen molar-refractivity contribution >= 4 is 15.9 Å². The number of aryl methyl sites for hydroxylation is 2. The summed E-state index contributed by atoms with van der Waals surface area (Å²) in [5.74, 6) is 0. The molecule has 2 aromatic rings. The van der Waals surface area contributed by atoms with E-state index < -0.39 is 0 Å². The van der Waals surface area contributed by atoms with Gasteiger partial charge in [-0.15, -0.1) is 0 Å². The van der Waals surface area contributed by atoms with E-state index in [1.807, 2.05) is 30.3 Å². The third kappa shape index (κ3) is 6.54. The Morgan fingerprint density at radius 2 is 1.10 bits per heavy atom. The predicted molar refractivity (Wildman–Crippen MR) is 84.3 cm³/mol. The Labute approximate surface area is 151 Å². The third-order valence-corrected chi connectivity index (χ3v) is 4.00. The van der Waals surface area contributed by atoms with Gasteiger partial charge in [0.2, 0.25) is 0 Å². The minimum Gasteiger partial charge on any atom is -1.00 e. The first kappa shape index (κ1) is 22.1. The molecule has 0 heterocycles. The summed E-state index contributed by atoms with van der Waals surface area (Å²) < 4.78 is 1.13. The van der Waals surface area contributed by atoms with Crippen LogP contribution in [0.3, 0.4) is 0 Å². The number of hydrogen-bond acceptors (Lipinski definition) is 0. The summed E-state index contributed by atoms with van der Waals surface area (Å²) in [5.41, 5.74) is 7.14. The van der Waals surface area contributed by atoms with Crippen LogP contribution >= 0.6 is 15.9 Å². The molecule has 0 aliphatic carbocycles. The molecule has 111 valence electrons. The first-order valence-electron chi connectivity index (χ1n) is 6.18. The molecular formula is C17H21BrClTc-. The Morgan fingerprint density at radius 3 is 1.40 bits per heavy atom. The van der Waals surface area contributed by atoms with Crippen LogP contribution in [0.4, 0.5) is 0 Å². The molecule has 0 N–H and O–H groups in total. The molecule has 0 saturated carbocycles. The van der Waals surface area contributed by atoms with Gasteiger partial charge in [-0.3, -0.25) is 0 Å². The average molecular weight is 439 g/mol. The smallest absolute Gasteiger partial charge is 0.0175 e. The first-order valence-corrected chi connectivity index (χ1v) is 6.97. The summed E-state index contributed by atoms with van der Waals surface area (Å²) >= 11 is 3.31. The van der Waals surface area contributed by atoms with E-state index in [0.717, 1.165) is 4.47 Å². The van der Waals surface area contributed by atoms with E-state index in [0.29, 0.717) is 0 Å². The van der Waals surface area contributed by atoms with E-state index in [1.165, 1.54) is 27.8 Å². The molecule has 2 rings (SSSR count). The Balaban J connectivity index is 0. The van der Waals surface area contributed by atoms with Crippen LogP contribution in [0.15, 0.2) is 40.9 Å². The van der Waals surface area contributed by atoms with Gasteiger partial charge in [0.25, 0.3) is 0 Å². The molecule has 3 heteroatoms. The molecule has 0 aliphatic rings. The van der Waals surface area contributed by atoms with Gasteiger partial charge in [-0.1, -0.05) is 40.2 Å². The molecule has 1 radical (unpaired) electrons. The Hall–Kier alpha value is -0.141. The second-order valence-electron chi connectivity index (χ2n) is 4.68. The molecule has 0 saturated heterocycles. The van der Waals surface area contributed by atoms with Crippen molar-refractivity contribution in [1.82, 2.24) is 0 Å². The van der Waals surface area contributed by atoms with E-state index in [9.17, 15) is 0 Å². The summed E-state index contributed by atoms with van der Waals surface area (Å²) in [6, 6.07) is 12.2. The first-order chi connectivity index (χ1) is 8.43. The van der Waals surface area contributed by atoms with E-state index in [4.69, 9.17) is 0 Å². The number of halogens is 2. The monoisotopic (exact) mass is 436 g/mol. The van der Waals surface area contributed by atoms with Crippen molar-refractivity contribution in [2.24, 2.45) is 0 Å². The molecule has 2 aromatic carbocycles. The van der Waals surface area contributed by atoms with E-state index in [-0.39, 0.29) is 32.5 Å². The Bertz CT molecular complexity index is 498. The Morgan fingerprint density at radius 1 is 0.700 bits per heavy atom. The van der Waals surface area contributed by atoms with Crippen molar-refractivity contribution in [1.29, 1.82) is 0 Å². The quantitative estimate of drug-likeness (QED) is 0.593. The van der Waals surface area contributed by atoms with Gasteiger partial charge in [-0.2, -0.15) is 0 Å². The summed E-state index contributed by atoms with van der Waals surface area (Å²) in [7, 11) is 0. The van der Waals surface area contributed by atoms with Gasteiger partial charge in [0.05, 0.1) is 0 Å². The fraction of sp³-hybridized carbons (Fsp3) is 0.294. The minimum atomic E-state index is 0. The Kier molecular flexibility index (Phi) is 11.7. The summed E-state index contributed by atoms with van der Waals surface area (Å²) in [6.07, 6.45) is 0. The van der Waals surface area contributed by atoms with Gasteiger partial charge < -0.3 is 12.4 Å². The number of benzene rings is 2. The van der Waals surface area contributed by atoms with E-state index >= 15 is 0 Å². The fourth-order valence-corrected chi connectivity index (χ4v) is 2.13. The number of rotatable bonds is 0. The zero-order valence-corrected chi connectivity index (χ0v) is 16.8. The molecule has 0 spiro atoms. The van der Waals surface area contributed by atoms with Gasteiger partial charge >= 0.3 is 0 Å². The second-order valence-corrected chi connectivity index (χ2v) is 5.60. The SMILES string of the molecule is Brc1ccccc1.Cc1cc(C)c(C)c(C)c1C.[Cl-].[Tc]. The van der Waals surface area contributed by atoms with Crippen LogP contribution < -0.4 is 12.4 Å². The molecule has 0 amide bonds. The third-order valence-electron chi connectivity index (χ3n) is 3.47. The van der Waals surface area contributed by atoms with Gasteiger partial charge in [-0.05, 0) is 74.6 Å². The largest absolute Gasteiger partial charge is 1.00 e. The van der Waals surface area contributed by atoms with Crippen molar-refractivity contribution in [3.63, 3.8) is 0 Å². The molecular weight excluding hydrogens is 418 g/mol. The van der Waals surface area contributed by atoms with Crippen LogP contribution in [-0.2, 0) is 20.1 Å². The van der Waals surface area contributed by atoms with Crippen LogP contribution in [0.25, 0.3) is 0 Å². The fourth-order valence-electron chi connectivity index (χ4n) is 1.83. The van der Waals surface area contributed by atoms with Gasteiger partial charge in [-0.25, -0.2) is 0 Å². The van der Waals surface area contributed by atoms with Gasteiger partial charge in [0.15, 0.2) is 0 Å². The summed E-state index contributed by atoms with van der Waals surface area (Å²) in [6.45, 7) is 10.9. The van der Waals surface area contributed by atoms with E-state index in [2.05, 4.69) is 56.6 Å². The van der Waals surface area contributed by atoms with Gasteiger partial charge in [0, 0.05) is 24.6 Å². The van der Waals surface area contributed by atoms with Crippen LogP contribution in [0.5, 0.6) is 0 Å². The zero-order chi connectivity index (χ0) is 13.7. The molecule has 0 atom stereocenters.